The summed E-state index contributed by atoms with van der Waals surface area (Å²) in [5, 5.41) is 0. The summed E-state index contributed by atoms with van der Waals surface area (Å²) in [5.41, 5.74) is 6.10. The van der Waals surface area contributed by atoms with Gasteiger partial charge in [0.05, 0.1) is 0 Å². The summed E-state index contributed by atoms with van der Waals surface area (Å²) in [5.74, 6) is -0.210. The Morgan fingerprint density at radius 2 is 2.00 bits per heavy atom. The lowest BCUT2D eigenvalue weighted by Crippen LogP contribution is -2.05. The third-order valence-electron chi connectivity index (χ3n) is 1.80. The van der Waals surface area contributed by atoms with Gasteiger partial charge in [0, 0.05) is 11.8 Å². The first-order valence-corrected chi connectivity index (χ1v) is 4.09. The summed E-state index contributed by atoms with van der Waals surface area (Å²) in [6, 6.07) is 9.18. The molecule has 4 heteroatoms. The Morgan fingerprint density at radius 1 is 1.29 bits per heavy atom. The van der Waals surface area contributed by atoms with Crippen LogP contribution in [0.2, 0.25) is 0 Å². The van der Waals surface area contributed by atoms with Crippen LogP contribution in [-0.2, 0) is 9.53 Å². The average molecular weight is 188 g/mol. The number of aliphatic imine (C=N–C) groups is 1. The zero-order valence-electron chi connectivity index (χ0n) is 7.31. The first kappa shape index (κ1) is 8.50. The maximum Gasteiger partial charge on any atom is 0.365 e. The van der Waals surface area contributed by atoms with Crippen LogP contribution in [0.5, 0.6) is 0 Å². The minimum absolute atomic E-state index is 0.142. The second-order valence-electron chi connectivity index (χ2n) is 2.72. The van der Waals surface area contributed by atoms with E-state index < -0.39 is 5.97 Å². The first-order valence-electron chi connectivity index (χ1n) is 4.09. The number of hydrogen-bond donors (Lipinski definition) is 1. The molecule has 0 saturated heterocycles. The average Bonchev–Trinajstić information content (AvgIpc) is 2.61. The van der Waals surface area contributed by atoms with Crippen LogP contribution < -0.4 is 5.73 Å². The molecule has 0 unspecified atom stereocenters. The first-order chi connectivity index (χ1) is 6.81. The largest absolute Gasteiger partial charge is 0.403 e. The number of nitrogens with zero attached hydrogens (tertiary/aromatic N) is 1. The van der Waals surface area contributed by atoms with Crippen LogP contribution in [0.25, 0.3) is 0 Å². The van der Waals surface area contributed by atoms with Gasteiger partial charge >= 0.3 is 5.97 Å². The molecule has 0 saturated carbocycles. The molecule has 0 aromatic heterocycles. The Morgan fingerprint density at radius 3 is 2.57 bits per heavy atom. The highest BCUT2D eigenvalue weighted by Crippen LogP contribution is 2.14. The Balaban J connectivity index is 2.36. The van der Waals surface area contributed by atoms with E-state index in [-0.39, 0.29) is 5.70 Å². The number of cyclic esters (lactones) is 1. The van der Waals surface area contributed by atoms with Crippen LogP contribution >= 0.6 is 0 Å². The van der Waals surface area contributed by atoms with Crippen LogP contribution in [0.1, 0.15) is 5.56 Å². The molecule has 2 N–H and O–H groups in total. The molecule has 0 radical (unpaired) electrons. The zero-order valence-corrected chi connectivity index (χ0v) is 7.31. The predicted molar refractivity (Wildman–Crippen MR) is 51.3 cm³/mol. The molecule has 2 rings (SSSR count). The molecule has 0 amide bonds. The third-order valence-corrected chi connectivity index (χ3v) is 1.80. The molecule has 0 fully saturated rings. The highest BCUT2D eigenvalue weighted by molar-refractivity contribution is 6.10. The maximum absolute atomic E-state index is 11.1. The van der Waals surface area contributed by atoms with Crippen molar-refractivity contribution in [1.29, 1.82) is 0 Å². The third kappa shape index (κ3) is 1.37. The summed E-state index contributed by atoms with van der Waals surface area (Å²) in [6.45, 7) is 0. The van der Waals surface area contributed by atoms with Gasteiger partial charge in [-0.15, -0.1) is 0 Å². The van der Waals surface area contributed by atoms with E-state index in [1.165, 1.54) is 0 Å². The molecule has 1 aromatic carbocycles. The molecular weight excluding hydrogens is 180 g/mol. The van der Waals surface area contributed by atoms with Crippen molar-refractivity contribution in [2.24, 2.45) is 10.7 Å². The molecule has 0 spiro atoms. The molecule has 0 atom stereocenters. The number of carbonyl (C=O) groups excluding carboxylic acids is 1. The molecule has 70 valence electrons. The highest BCUT2D eigenvalue weighted by atomic mass is 16.6. The van der Waals surface area contributed by atoms with Crippen LogP contribution in [0.15, 0.2) is 47.2 Å². The van der Waals surface area contributed by atoms with Gasteiger partial charge in [0.15, 0.2) is 5.70 Å². The van der Waals surface area contributed by atoms with Crippen LogP contribution in [0.3, 0.4) is 0 Å². The molecule has 0 aliphatic carbocycles. The highest BCUT2D eigenvalue weighted by Gasteiger charge is 2.23. The number of hydrogen-bond acceptors (Lipinski definition) is 4. The van der Waals surface area contributed by atoms with E-state index >= 15 is 0 Å². The Hall–Kier alpha value is -2.10. The summed E-state index contributed by atoms with van der Waals surface area (Å²) in [4.78, 5) is 15.0. The van der Waals surface area contributed by atoms with E-state index in [9.17, 15) is 4.79 Å². The summed E-state index contributed by atoms with van der Waals surface area (Å²) in [7, 11) is 0. The minimum atomic E-state index is -0.508. The summed E-state index contributed by atoms with van der Waals surface area (Å²) in [6.07, 6.45) is 1.14. The summed E-state index contributed by atoms with van der Waals surface area (Å²) < 4.78 is 4.91. The Kier molecular flexibility index (Phi) is 2.02. The van der Waals surface area contributed by atoms with Gasteiger partial charge in [-0.25, -0.2) is 9.79 Å². The van der Waals surface area contributed by atoms with Gasteiger partial charge in [0.25, 0.3) is 0 Å². The number of nitrogens with two attached hydrogens (primary N) is 1. The second kappa shape index (κ2) is 3.33. The van der Waals surface area contributed by atoms with Crippen molar-refractivity contribution >= 4 is 11.9 Å². The number of benzene rings is 1. The van der Waals surface area contributed by atoms with Crippen LogP contribution in [0.4, 0.5) is 0 Å². The maximum atomic E-state index is 11.1. The molecule has 1 aromatic rings. The molecule has 14 heavy (non-hydrogen) atoms. The molecular formula is C10H8N2O2. The fraction of sp³-hybridized carbons (Fsp3) is 0. The fourth-order valence-electron chi connectivity index (χ4n) is 1.13. The zero-order chi connectivity index (χ0) is 9.97. The topological polar surface area (TPSA) is 64.7 Å². The molecule has 0 bridgehead atoms. The Bertz CT molecular complexity index is 421. The van der Waals surface area contributed by atoms with Crippen LogP contribution in [-0.4, -0.2) is 11.9 Å². The standard InChI is InChI=1S/C10H8N2O2/c11-6-8-10(13)14-9(12-8)7-4-2-1-3-5-7/h1-6H,11H2/b8-6-. The van der Waals surface area contributed by atoms with Gasteiger partial charge in [-0.3, -0.25) is 0 Å². The van der Waals surface area contributed by atoms with E-state index in [0.29, 0.717) is 5.90 Å². The number of rotatable bonds is 1. The second-order valence-corrected chi connectivity index (χ2v) is 2.72. The van der Waals surface area contributed by atoms with Crippen molar-refractivity contribution in [3.63, 3.8) is 0 Å². The van der Waals surface area contributed by atoms with Crippen molar-refractivity contribution in [3.05, 3.63) is 47.8 Å². The van der Waals surface area contributed by atoms with Crippen molar-refractivity contribution < 1.29 is 9.53 Å². The van der Waals surface area contributed by atoms with Gasteiger partial charge in [-0.2, -0.15) is 0 Å². The number of carbonyl (C=O) groups is 1. The van der Waals surface area contributed by atoms with E-state index in [1.807, 2.05) is 30.3 Å². The molecule has 1 aliphatic rings. The van der Waals surface area contributed by atoms with Crippen molar-refractivity contribution in [1.82, 2.24) is 0 Å². The minimum Gasteiger partial charge on any atom is -0.403 e. The molecule has 4 nitrogen and oxygen atoms in total. The van der Waals surface area contributed by atoms with Gasteiger partial charge < -0.3 is 10.5 Å². The van der Waals surface area contributed by atoms with Gasteiger partial charge in [-0.05, 0) is 12.1 Å². The summed E-state index contributed by atoms with van der Waals surface area (Å²) >= 11 is 0. The number of ether oxygens (including phenoxy) is 1. The van der Waals surface area contributed by atoms with Crippen molar-refractivity contribution in [2.45, 2.75) is 0 Å². The molecule has 1 aliphatic heterocycles. The van der Waals surface area contributed by atoms with E-state index in [1.54, 1.807) is 0 Å². The van der Waals surface area contributed by atoms with Gasteiger partial charge in [0.1, 0.15) is 0 Å². The van der Waals surface area contributed by atoms with E-state index in [0.717, 1.165) is 11.8 Å². The fourth-order valence-corrected chi connectivity index (χ4v) is 1.13. The van der Waals surface area contributed by atoms with Gasteiger partial charge in [-0.1, -0.05) is 18.2 Å². The molecule has 1 heterocycles. The lowest BCUT2D eigenvalue weighted by atomic mass is 10.2. The van der Waals surface area contributed by atoms with E-state index in [2.05, 4.69) is 4.99 Å². The van der Waals surface area contributed by atoms with E-state index in [4.69, 9.17) is 10.5 Å². The SMILES string of the molecule is N/C=C1\N=C(c2ccccc2)OC1=O. The quantitative estimate of drug-likeness (QED) is 0.523. The Labute approximate surface area is 80.7 Å². The smallest absolute Gasteiger partial charge is 0.365 e. The predicted octanol–water partition coefficient (Wildman–Crippen LogP) is 0.790. The monoisotopic (exact) mass is 188 g/mol. The lowest BCUT2D eigenvalue weighted by Gasteiger charge is -1.96. The van der Waals surface area contributed by atoms with Gasteiger partial charge in [0.2, 0.25) is 5.90 Å². The van der Waals surface area contributed by atoms with Crippen molar-refractivity contribution in [3.8, 4) is 0 Å². The van der Waals surface area contributed by atoms with Crippen LogP contribution in [0, 0.1) is 0 Å². The number of esters is 1. The van der Waals surface area contributed by atoms with Crippen molar-refractivity contribution in [2.75, 3.05) is 0 Å². The normalized spacial score (nSPS) is 18.1. The lowest BCUT2D eigenvalue weighted by molar-refractivity contribution is -0.130.